The minimum absolute atomic E-state index is 0.122. The molecule has 2 aromatic carbocycles. The van der Waals surface area contributed by atoms with Gasteiger partial charge in [-0.2, -0.15) is 0 Å². The van der Waals surface area contributed by atoms with Crippen LogP contribution in [0, 0.1) is 11.6 Å². The van der Waals surface area contributed by atoms with Gasteiger partial charge in [-0.25, -0.2) is 18.7 Å². The van der Waals surface area contributed by atoms with E-state index in [0.29, 0.717) is 5.82 Å². The standard InChI is InChI=1S/C16H11F2N3/c17-11-7-4-8-12(18)15(11)13-9-14(19)21-16(20-13)10-5-2-1-3-6-10/h1-9H,(H2,19,20,21). The van der Waals surface area contributed by atoms with E-state index in [1.165, 1.54) is 24.3 Å². The molecular formula is C16H11F2N3. The molecule has 0 unspecified atom stereocenters. The lowest BCUT2D eigenvalue weighted by Crippen LogP contribution is -2.00. The number of nitrogen functional groups attached to an aromatic ring is 1. The van der Waals surface area contributed by atoms with Crippen LogP contribution in [0.2, 0.25) is 0 Å². The second kappa shape index (κ2) is 5.28. The number of benzene rings is 2. The Hall–Kier alpha value is -2.82. The Bertz CT molecular complexity index is 769. The molecule has 0 saturated heterocycles. The number of nitrogens with zero attached hydrogens (tertiary/aromatic N) is 2. The highest BCUT2D eigenvalue weighted by molar-refractivity contribution is 5.67. The van der Waals surface area contributed by atoms with Gasteiger partial charge in [0.05, 0.1) is 11.3 Å². The number of hydrogen-bond donors (Lipinski definition) is 1. The van der Waals surface area contributed by atoms with Gasteiger partial charge in [-0.1, -0.05) is 36.4 Å². The van der Waals surface area contributed by atoms with Crippen LogP contribution in [0.25, 0.3) is 22.6 Å². The predicted octanol–water partition coefficient (Wildman–Crippen LogP) is 3.67. The second-order valence-corrected chi connectivity index (χ2v) is 4.46. The van der Waals surface area contributed by atoms with Crippen molar-refractivity contribution in [1.29, 1.82) is 0 Å². The van der Waals surface area contributed by atoms with Crippen LogP contribution in [-0.2, 0) is 0 Å². The average Bonchev–Trinajstić information content (AvgIpc) is 2.47. The van der Waals surface area contributed by atoms with Crippen molar-refractivity contribution in [3.05, 3.63) is 66.2 Å². The van der Waals surface area contributed by atoms with Gasteiger partial charge in [0.2, 0.25) is 0 Å². The van der Waals surface area contributed by atoms with Gasteiger partial charge < -0.3 is 5.73 Å². The van der Waals surface area contributed by atoms with Gasteiger partial charge in [0.1, 0.15) is 17.5 Å². The van der Waals surface area contributed by atoms with Crippen LogP contribution in [0.3, 0.4) is 0 Å². The molecule has 0 radical (unpaired) electrons. The van der Waals surface area contributed by atoms with E-state index in [9.17, 15) is 8.78 Å². The number of anilines is 1. The van der Waals surface area contributed by atoms with Gasteiger partial charge in [-0.05, 0) is 12.1 Å². The lowest BCUT2D eigenvalue weighted by atomic mass is 10.1. The van der Waals surface area contributed by atoms with Crippen LogP contribution in [-0.4, -0.2) is 9.97 Å². The van der Waals surface area contributed by atoms with Crippen LogP contribution in [0.15, 0.2) is 54.6 Å². The van der Waals surface area contributed by atoms with Crippen molar-refractivity contribution in [3.8, 4) is 22.6 Å². The highest BCUT2D eigenvalue weighted by Gasteiger charge is 2.14. The summed E-state index contributed by atoms with van der Waals surface area (Å²) >= 11 is 0. The molecule has 0 aliphatic heterocycles. The number of nitrogens with two attached hydrogens (primary N) is 1. The monoisotopic (exact) mass is 283 g/mol. The molecule has 0 spiro atoms. The predicted molar refractivity (Wildman–Crippen MR) is 77.2 cm³/mol. The first kappa shape index (κ1) is 13.2. The maximum Gasteiger partial charge on any atom is 0.162 e. The first-order valence-corrected chi connectivity index (χ1v) is 6.29. The normalized spacial score (nSPS) is 10.6. The Labute approximate surface area is 120 Å². The largest absolute Gasteiger partial charge is 0.384 e. The zero-order chi connectivity index (χ0) is 14.8. The zero-order valence-corrected chi connectivity index (χ0v) is 10.9. The van der Waals surface area contributed by atoms with Crippen molar-refractivity contribution in [2.24, 2.45) is 0 Å². The molecule has 0 atom stereocenters. The average molecular weight is 283 g/mol. The second-order valence-electron chi connectivity index (χ2n) is 4.46. The Morgan fingerprint density at radius 1 is 0.810 bits per heavy atom. The van der Waals surface area contributed by atoms with E-state index in [-0.39, 0.29) is 17.1 Å². The smallest absolute Gasteiger partial charge is 0.162 e. The summed E-state index contributed by atoms with van der Waals surface area (Å²) in [5, 5.41) is 0. The zero-order valence-electron chi connectivity index (χ0n) is 10.9. The molecule has 1 aromatic heterocycles. The molecule has 5 heteroatoms. The van der Waals surface area contributed by atoms with Gasteiger partial charge in [-0.15, -0.1) is 0 Å². The summed E-state index contributed by atoms with van der Waals surface area (Å²) in [5.74, 6) is -0.894. The summed E-state index contributed by atoms with van der Waals surface area (Å²) in [6.07, 6.45) is 0. The van der Waals surface area contributed by atoms with E-state index in [1.807, 2.05) is 18.2 Å². The van der Waals surface area contributed by atoms with Crippen molar-refractivity contribution in [2.45, 2.75) is 0 Å². The summed E-state index contributed by atoms with van der Waals surface area (Å²) < 4.78 is 27.7. The van der Waals surface area contributed by atoms with Gasteiger partial charge in [0.15, 0.2) is 5.82 Å². The van der Waals surface area contributed by atoms with Crippen LogP contribution in [0.5, 0.6) is 0 Å². The number of hydrogen-bond acceptors (Lipinski definition) is 3. The lowest BCUT2D eigenvalue weighted by molar-refractivity contribution is 0.588. The minimum Gasteiger partial charge on any atom is -0.384 e. The van der Waals surface area contributed by atoms with E-state index < -0.39 is 11.6 Å². The van der Waals surface area contributed by atoms with Gasteiger partial charge in [0, 0.05) is 11.6 Å². The summed E-state index contributed by atoms with van der Waals surface area (Å²) in [5.41, 5.74) is 6.38. The van der Waals surface area contributed by atoms with E-state index in [0.717, 1.165) is 5.56 Å². The van der Waals surface area contributed by atoms with Crippen molar-refractivity contribution in [1.82, 2.24) is 9.97 Å². The van der Waals surface area contributed by atoms with Gasteiger partial charge >= 0.3 is 0 Å². The molecule has 0 aliphatic carbocycles. The fourth-order valence-corrected chi connectivity index (χ4v) is 2.05. The molecule has 3 aromatic rings. The van der Waals surface area contributed by atoms with Crippen LogP contribution >= 0.6 is 0 Å². The van der Waals surface area contributed by atoms with Gasteiger partial charge in [-0.3, -0.25) is 0 Å². The Morgan fingerprint density at radius 2 is 1.48 bits per heavy atom. The van der Waals surface area contributed by atoms with Gasteiger partial charge in [0.25, 0.3) is 0 Å². The Morgan fingerprint density at radius 3 is 2.14 bits per heavy atom. The molecule has 104 valence electrons. The molecule has 1 heterocycles. The third kappa shape index (κ3) is 2.58. The summed E-state index contributed by atoms with van der Waals surface area (Å²) in [6.45, 7) is 0. The van der Waals surface area contributed by atoms with E-state index in [4.69, 9.17) is 5.73 Å². The van der Waals surface area contributed by atoms with E-state index >= 15 is 0 Å². The summed E-state index contributed by atoms with van der Waals surface area (Å²) in [7, 11) is 0. The summed E-state index contributed by atoms with van der Waals surface area (Å²) in [4.78, 5) is 8.34. The SMILES string of the molecule is Nc1cc(-c2c(F)cccc2F)nc(-c2ccccc2)n1. The molecule has 0 saturated carbocycles. The van der Waals surface area contributed by atoms with Crippen molar-refractivity contribution < 1.29 is 8.78 Å². The van der Waals surface area contributed by atoms with E-state index in [2.05, 4.69) is 9.97 Å². The molecule has 0 aliphatic rings. The molecule has 21 heavy (non-hydrogen) atoms. The first-order chi connectivity index (χ1) is 10.1. The molecule has 0 amide bonds. The fourth-order valence-electron chi connectivity index (χ4n) is 2.05. The van der Waals surface area contributed by atoms with Crippen molar-refractivity contribution in [2.75, 3.05) is 5.73 Å². The lowest BCUT2D eigenvalue weighted by Gasteiger charge is -2.08. The quantitative estimate of drug-likeness (QED) is 0.780. The highest BCUT2D eigenvalue weighted by Crippen LogP contribution is 2.27. The van der Waals surface area contributed by atoms with Crippen LogP contribution < -0.4 is 5.73 Å². The van der Waals surface area contributed by atoms with Crippen LogP contribution in [0.4, 0.5) is 14.6 Å². The molecule has 0 fully saturated rings. The third-order valence-corrected chi connectivity index (χ3v) is 3.00. The molecule has 2 N–H and O–H groups in total. The Kier molecular flexibility index (Phi) is 3.31. The molecule has 3 nitrogen and oxygen atoms in total. The fraction of sp³-hybridized carbons (Fsp3) is 0. The molecular weight excluding hydrogens is 272 g/mol. The minimum atomic E-state index is -0.688. The maximum absolute atomic E-state index is 13.9. The topological polar surface area (TPSA) is 51.8 Å². The van der Waals surface area contributed by atoms with Crippen LogP contribution in [0.1, 0.15) is 0 Å². The highest BCUT2D eigenvalue weighted by atomic mass is 19.1. The maximum atomic E-state index is 13.9. The third-order valence-electron chi connectivity index (χ3n) is 3.00. The van der Waals surface area contributed by atoms with Crippen molar-refractivity contribution in [3.63, 3.8) is 0 Å². The molecule has 3 rings (SSSR count). The number of rotatable bonds is 2. The summed E-state index contributed by atoms with van der Waals surface area (Å²) in [6, 6.07) is 14.1. The first-order valence-electron chi connectivity index (χ1n) is 6.29. The molecule has 0 bridgehead atoms. The van der Waals surface area contributed by atoms with Crippen molar-refractivity contribution >= 4 is 5.82 Å². The number of halogens is 2. The number of aromatic nitrogens is 2. The van der Waals surface area contributed by atoms with E-state index in [1.54, 1.807) is 12.1 Å². The Balaban J connectivity index is 2.19.